The molecule has 0 aliphatic heterocycles. The van der Waals surface area contributed by atoms with Crippen molar-refractivity contribution in [2.75, 3.05) is 72.4 Å². The number of rotatable bonds is 19. The molecular formula is C22H41N3O7. The first-order valence-electron chi connectivity index (χ1n) is 10.9. The van der Waals surface area contributed by atoms with Crippen LogP contribution in [0.4, 0.5) is 0 Å². The third kappa shape index (κ3) is 19.0. The summed E-state index contributed by atoms with van der Waals surface area (Å²) in [6.45, 7) is 10.0. The zero-order valence-electron chi connectivity index (χ0n) is 19.8. The van der Waals surface area contributed by atoms with Gasteiger partial charge in [-0.15, -0.1) is 6.42 Å². The second kappa shape index (κ2) is 18.8. The average Bonchev–Trinajstić information content (AvgIpc) is 2.71. The van der Waals surface area contributed by atoms with E-state index in [0.717, 1.165) is 0 Å². The summed E-state index contributed by atoms with van der Waals surface area (Å²) in [7, 11) is 0. The van der Waals surface area contributed by atoms with Crippen LogP contribution in [0.5, 0.6) is 0 Å². The Morgan fingerprint density at radius 1 is 1.06 bits per heavy atom. The number of nitrogens with two attached hydrogens (primary N) is 1. The number of carbonyl (C=O) groups is 2. The van der Waals surface area contributed by atoms with E-state index < -0.39 is 17.6 Å². The number of amides is 1. The number of aliphatic hydroxyl groups is 1. The van der Waals surface area contributed by atoms with Gasteiger partial charge in [0, 0.05) is 26.1 Å². The Morgan fingerprint density at radius 3 is 2.22 bits per heavy atom. The minimum absolute atomic E-state index is 0.0662. The molecule has 10 nitrogen and oxygen atoms in total. The van der Waals surface area contributed by atoms with Gasteiger partial charge in [0.1, 0.15) is 11.6 Å². The van der Waals surface area contributed by atoms with E-state index in [4.69, 9.17) is 36.2 Å². The lowest BCUT2D eigenvalue weighted by atomic mass is 10.1. The van der Waals surface area contributed by atoms with Crippen LogP contribution in [0.3, 0.4) is 0 Å². The summed E-state index contributed by atoms with van der Waals surface area (Å²) >= 11 is 0. The lowest BCUT2D eigenvalue weighted by molar-refractivity contribution is -0.156. The molecule has 0 aliphatic carbocycles. The number of ether oxygens (including phenoxy) is 4. The van der Waals surface area contributed by atoms with Crippen LogP contribution < -0.4 is 11.1 Å². The van der Waals surface area contributed by atoms with Crippen molar-refractivity contribution in [3.63, 3.8) is 0 Å². The van der Waals surface area contributed by atoms with Crippen LogP contribution in [0.1, 0.15) is 33.6 Å². The van der Waals surface area contributed by atoms with Gasteiger partial charge in [0.2, 0.25) is 5.91 Å². The van der Waals surface area contributed by atoms with Gasteiger partial charge in [-0.3, -0.25) is 14.5 Å². The van der Waals surface area contributed by atoms with Gasteiger partial charge < -0.3 is 35.1 Å². The first kappa shape index (κ1) is 30.3. The number of terminal acetylenes is 1. The molecule has 0 spiro atoms. The molecule has 10 heteroatoms. The molecule has 0 saturated carbocycles. The fourth-order valence-electron chi connectivity index (χ4n) is 2.41. The van der Waals surface area contributed by atoms with E-state index in [1.54, 1.807) is 20.8 Å². The molecule has 0 radical (unpaired) electrons. The standard InChI is InChI=1S/C22H41N3O7/c1-5-9-25(10-12-26)11-14-30-16-18-31-17-15-29-13-8-24-20(27)7-6-19(23)21(28)32-22(2,3)4/h1,19,26H,6-18,23H2,2-4H3,(H,24,27)/t19-/m0/s1. The number of hydrogen-bond acceptors (Lipinski definition) is 9. The molecule has 1 atom stereocenters. The van der Waals surface area contributed by atoms with E-state index in [1.807, 2.05) is 4.90 Å². The first-order chi connectivity index (χ1) is 15.2. The molecule has 0 bridgehead atoms. The highest BCUT2D eigenvalue weighted by Crippen LogP contribution is 2.09. The maximum Gasteiger partial charge on any atom is 0.323 e. The highest BCUT2D eigenvalue weighted by atomic mass is 16.6. The van der Waals surface area contributed by atoms with E-state index in [0.29, 0.717) is 65.8 Å². The van der Waals surface area contributed by atoms with Gasteiger partial charge in [-0.1, -0.05) is 5.92 Å². The Balaban J connectivity index is 3.52. The maximum atomic E-state index is 11.8. The zero-order valence-corrected chi connectivity index (χ0v) is 19.8. The maximum absolute atomic E-state index is 11.8. The molecule has 0 aliphatic rings. The topological polar surface area (TPSA) is 133 Å². The van der Waals surface area contributed by atoms with Crippen molar-refractivity contribution in [1.29, 1.82) is 0 Å². The van der Waals surface area contributed by atoms with Crippen molar-refractivity contribution in [2.45, 2.75) is 45.3 Å². The average molecular weight is 460 g/mol. The van der Waals surface area contributed by atoms with Gasteiger partial charge in [0.05, 0.1) is 52.8 Å². The summed E-state index contributed by atoms with van der Waals surface area (Å²) in [4.78, 5) is 25.5. The van der Waals surface area contributed by atoms with Crippen molar-refractivity contribution in [3.8, 4) is 12.3 Å². The SMILES string of the molecule is C#CCN(CCO)CCOCCOCCOCCNC(=O)CC[C@H](N)C(=O)OC(C)(C)C. The quantitative estimate of drug-likeness (QED) is 0.133. The first-order valence-corrected chi connectivity index (χ1v) is 10.9. The monoisotopic (exact) mass is 459 g/mol. The summed E-state index contributed by atoms with van der Waals surface area (Å²) in [6.07, 6.45) is 5.63. The molecule has 0 fully saturated rings. The number of nitrogens with zero attached hydrogens (tertiary/aromatic N) is 1. The molecular weight excluding hydrogens is 418 g/mol. The fourth-order valence-corrected chi connectivity index (χ4v) is 2.41. The number of nitrogens with one attached hydrogen (secondary N) is 1. The number of esters is 1. The van der Waals surface area contributed by atoms with Crippen LogP contribution >= 0.6 is 0 Å². The van der Waals surface area contributed by atoms with Crippen molar-refractivity contribution < 1.29 is 33.6 Å². The third-order valence-electron chi connectivity index (χ3n) is 3.99. The lowest BCUT2D eigenvalue weighted by Gasteiger charge is -2.22. The van der Waals surface area contributed by atoms with Crippen LogP contribution in [0.15, 0.2) is 0 Å². The molecule has 0 aromatic rings. The molecule has 0 rings (SSSR count). The van der Waals surface area contributed by atoms with E-state index >= 15 is 0 Å². The normalized spacial score (nSPS) is 12.4. The van der Waals surface area contributed by atoms with Gasteiger partial charge in [-0.05, 0) is 27.2 Å². The smallest absolute Gasteiger partial charge is 0.323 e. The highest BCUT2D eigenvalue weighted by molar-refractivity contribution is 5.79. The molecule has 0 unspecified atom stereocenters. The van der Waals surface area contributed by atoms with Gasteiger partial charge in [-0.2, -0.15) is 0 Å². The molecule has 32 heavy (non-hydrogen) atoms. The van der Waals surface area contributed by atoms with Gasteiger partial charge >= 0.3 is 5.97 Å². The summed E-state index contributed by atoms with van der Waals surface area (Å²) in [6, 6.07) is -0.820. The lowest BCUT2D eigenvalue weighted by Crippen LogP contribution is -2.38. The molecule has 0 aromatic carbocycles. The number of aliphatic hydroxyl groups excluding tert-OH is 1. The molecule has 4 N–H and O–H groups in total. The Hall–Kier alpha value is -1.74. The summed E-state index contributed by atoms with van der Waals surface area (Å²) < 4.78 is 21.4. The number of hydrogen-bond donors (Lipinski definition) is 3. The van der Waals surface area contributed by atoms with E-state index in [2.05, 4.69) is 11.2 Å². The third-order valence-corrected chi connectivity index (χ3v) is 3.99. The van der Waals surface area contributed by atoms with Crippen molar-refractivity contribution >= 4 is 11.9 Å². The van der Waals surface area contributed by atoms with E-state index in [1.165, 1.54) is 0 Å². The largest absolute Gasteiger partial charge is 0.459 e. The minimum atomic E-state index is -0.820. The second-order valence-electron chi connectivity index (χ2n) is 8.07. The van der Waals surface area contributed by atoms with Gasteiger partial charge in [-0.25, -0.2) is 0 Å². The van der Waals surface area contributed by atoms with Gasteiger partial charge in [0.15, 0.2) is 0 Å². The van der Waals surface area contributed by atoms with Crippen molar-refractivity contribution in [2.24, 2.45) is 5.73 Å². The molecule has 0 heterocycles. The minimum Gasteiger partial charge on any atom is -0.459 e. The van der Waals surface area contributed by atoms with Crippen LogP contribution in [-0.2, 0) is 28.5 Å². The van der Waals surface area contributed by atoms with Crippen LogP contribution in [0.2, 0.25) is 0 Å². The summed E-state index contributed by atoms with van der Waals surface area (Å²) in [5.74, 6) is 1.84. The molecule has 186 valence electrons. The van der Waals surface area contributed by atoms with Gasteiger partial charge in [0.25, 0.3) is 0 Å². The Bertz CT molecular complexity index is 547. The number of carbonyl (C=O) groups excluding carboxylic acids is 2. The molecule has 1 amide bonds. The Morgan fingerprint density at radius 2 is 1.66 bits per heavy atom. The molecule has 0 aromatic heterocycles. The second-order valence-corrected chi connectivity index (χ2v) is 8.07. The zero-order chi connectivity index (χ0) is 24.2. The van der Waals surface area contributed by atoms with Crippen molar-refractivity contribution in [1.82, 2.24) is 10.2 Å². The molecule has 0 saturated heterocycles. The van der Waals surface area contributed by atoms with Crippen LogP contribution in [-0.4, -0.2) is 106 Å². The van der Waals surface area contributed by atoms with Crippen LogP contribution in [0, 0.1) is 12.3 Å². The predicted molar refractivity (Wildman–Crippen MR) is 121 cm³/mol. The summed E-state index contributed by atoms with van der Waals surface area (Å²) in [5, 5.41) is 11.7. The van der Waals surface area contributed by atoms with Crippen LogP contribution in [0.25, 0.3) is 0 Å². The Labute approximate surface area is 192 Å². The van der Waals surface area contributed by atoms with Crippen molar-refractivity contribution in [3.05, 3.63) is 0 Å². The fraction of sp³-hybridized carbons (Fsp3) is 0.818. The Kier molecular flexibility index (Phi) is 17.8. The van der Waals surface area contributed by atoms with E-state index in [-0.39, 0.29) is 25.4 Å². The highest BCUT2D eigenvalue weighted by Gasteiger charge is 2.22. The van der Waals surface area contributed by atoms with E-state index in [9.17, 15) is 9.59 Å². The summed E-state index contributed by atoms with van der Waals surface area (Å²) in [5.41, 5.74) is 5.15. The predicted octanol–water partition coefficient (Wildman–Crippen LogP) is -0.471.